The maximum Gasteiger partial charge on any atom is 0.168 e. The van der Waals surface area contributed by atoms with E-state index >= 15 is 0 Å². The number of aromatic nitrogens is 1. The number of nitrogen functional groups attached to an aromatic ring is 1. The van der Waals surface area contributed by atoms with E-state index in [1.54, 1.807) is 11.9 Å². The van der Waals surface area contributed by atoms with Crippen LogP contribution in [0, 0.1) is 11.6 Å². The maximum atomic E-state index is 13.6. The highest BCUT2D eigenvalue weighted by molar-refractivity contribution is 5.47. The molecule has 0 unspecified atom stereocenters. The molecule has 0 spiro atoms. The van der Waals surface area contributed by atoms with Gasteiger partial charge < -0.3 is 10.6 Å². The van der Waals surface area contributed by atoms with Gasteiger partial charge in [-0.05, 0) is 5.56 Å². The Morgan fingerprint density at radius 1 is 1.17 bits per heavy atom. The predicted octanol–water partition coefficient (Wildman–Crippen LogP) is 2.58. The van der Waals surface area contributed by atoms with E-state index in [4.69, 9.17) is 5.73 Å². The normalized spacial score (nSPS) is 10.4. The molecule has 0 saturated carbocycles. The summed E-state index contributed by atoms with van der Waals surface area (Å²) in [5, 5.41) is 0. The van der Waals surface area contributed by atoms with E-state index in [1.165, 1.54) is 0 Å². The Morgan fingerprint density at radius 3 is 2.50 bits per heavy atom. The van der Waals surface area contributed by atoms with E-state index in [2.05, 4.69) is 4.98 Å². The summed E-state index contributed by atoms with van der Waals surface area (Å²) in [5.41, 5.74) is 6.35. The Labute approximate surface area is 104 Å². The SMILES string of the molecule is CN(Cc1ccccc1)c1nc(N)c(F)cc1F. The third kappa shape index (κ3) is 2.56. The molecule has 2 aromatic rings. The van der Waals surface area contributed by atoms with Gasteiger partial charge in [0, 0.05) is 19.7 Å². The zero-order valence-corrected chi connectivity index (χ0v) is 9.90. The molecule has 0 aliphatic heterocycles. The van der Waals surface area contributed by atoms with Gasteiger partial charge in [0.05, 0.1) is 0 Å². The van der Waals surface area contributed by atoms with E-state index in [0.29, 0.717) is 6.54 Å². The van der Waals surface area contributed by atoms with Crippen molar-refractivity contribution in [3.63, 3.8) is 0 Å². The number of pyridine rings is 1. The first-order valence-corrected chi connectivity index (χ1v) is 5.44. The zero-order chi connectivity index (χ0) is 13.1. The Kier molecular flexibility index (Phi) is 3.41. The minimum Gasteiger partial charge on any atom is -0.381 e. The Hall–Kier alpha value is -2.17. The van der Waals surface area contributed by atoms with Crippen molar-refractivity contribution in [3.8, 4) is 0 Å². The monoisotopic (exact) mass is 249 g/mol. The molecule has 0 aliphatic carbocycles. The van der Waals surface area contributed by atoms with Crippen molar-refractivity contribution in [3.05, 3.63) is 53.6 Å². The molecule has 1 aromatic heterocycles. The van der Waals surface area contributed by atoms with E-state index in [1.807, 2.05) is 30.3 Å². The molecule has 0 bridgehead atoms. The van der Waals surface area contributed by atoms with Gasteiger partial charge >= 0.3 is 0 Å². The first kappa shape index (κ1) is 12.3. The lowest BCUT2D eigenvalue weighted by atomic mass is 10.2. The molecule has 2 N–H and O–H groups in total. The number of nitrogens with two attached hydrogens (primary N) is 1. The summed E-state index contributed by atoms with van der Waals surface area (Å²) < 4.78 is 26.6. The molecule has 5 heteroatoms. The fourth-order valence-electron chi connectivity index (χ4n) is 1.67. The zero-order valence-electron chi connectivity index (χ0n) is 9.90. The molecule has 0 aliphatic rings. The second-order valence-electron chi connectivity index (χ2n) is 4.00. The summed E-state index contributed by atoms with van der Waals surface area (Å²) in [6, 6.07) is 10.3. The topological polar surface area (TPSA) is 42.2 Å². The lowest BCUT2D eigenvalue weighted by molar-refractivity contribution is 0.574. The largest absolute Gasteiger partial charge is 0.381 e. The van der Waals surface area contributed by atoms with Crippen molar-refractivity contribution in [1.82, 2.24) is 4.98 Å². The molecule has 0 atom stereocenters. The highest BCUT2D eigenvalue weighted by atomic mass is 19.1. The van der Waals surface area contributed by atoms with Crippen LogP contribution in [-0.2, 0) is 6.54 Å². The molecule has 1 heterocycles. The smallest absolute Gasteiger partial charge is 0.168 e. The Balaban J connectivity index is 2.24. The van der Waals surface area contributed by atoms with Gasteiger partial charge in [0.25, 0.3) is 0 Å². The summed E-state index contributed by atoms with van der Waals surface area (Å²) in [4.78, 5) is 5.31. The first-order chi connectivity index (χ1) is 8.58. The summed E-state index contributed by atoms with van der Waals surface area (Å²) in [6.07, 6.45) is 0. The molecule has 0 radical (unpaired) electrons. The van der Waals surface area contributed by atoms with Gasteiger partial charge in [0.15, 0.2) is 23.3 Å². The van der Waals surface area contributed by atoms with Crippen LogP contribution in [0.25, 0.3) is 0 Å². The predicted molar refractivity (Wildman–Crippen MR) is 67.1 cm³/mol. The molecule has 0 amide bonds. The van der Waals surface area contributed by atoms with Gasteiger partial charge in [-0.3, -0.25) is 0 Å². The van der Waals surface area contributed by atoms with Crippen molar-refractivity contribution < 1.29 is 8.78 Å². The second-order valence-corrected chi connectivity index (χ2v) is 4.00. The fourth-order valence-corrected chi connectivity index (χ4v) is 1.67. The van der Waals surface area contributed by atoms with E-state index in [0.717, 1.165) is 11.6 Å². The van der Waals surface area contributed by atoms with Crippen LogP contribution in [-0.4, -0.2) is 12.0 Å². The van der Waals surface area contributed by atoms with Gasteiger partial charge in [0.2, 0.25) is 0 Å². The minimum absolute atomic E-state index is 0.0396. The summed E-state index contributed by atoms with van der Waals surface area (Å²) in [6.45, 7) is 0.468. The molecule has 3 nitrogen and oxygen atoms in total. The fraction of sp³-hybridized carbons (Fsp3) is 0.154. The number of nitrogens with zero attached hydrogens (tertiary/aromatic N) is 2. The van der Waals surface area contributed by atoms with Gasteiger partial charge in [0.1, 0.15) is 0 Å². The molecule has 0 saturated heterocycles. The lowest BCUT2D eigenvalue weighted by Crippen LogP contribution is -2.20. The van der Waals surface area contributed by atoms with Crippen molar-refractivity contribution in [2.24, 2.45) is 0 Å². The van der Waals surface area contributed by atoms with Gasteiger partial charge in [-0.15, -0.1) is 0 Å². The van der Waals surface area contributed by atoms with Crippen molar-refractivity contribution in [2.45, 2.75) is 6.54 Å². The lowest BCUT2D eigenvalue weighted by Gasteiger charge is -2.19. The van der Waals surface area contributed by atoms with Crippen LogP contribution in [0.1, 0.15) is 5.56 Å². The number of hydrogen-bond acceptors (Lipinski definition) is 3. The van der Waals surface area contributed by atoms with Crippen LogP contribution < -0.4 is 10.6 Å². The van der Waals surface area contributed by atoms with Gasteiger partial charge in [-0.1, -0.05) is 30.3 Å². The van der Waals surface area contributed by atoms with Crippen molar-refractivity contribution >= 4 is 11.6 Å². The summed E-state index contributed by atoms with van der Waals surface area (Å²) >= 11 is 0. The standard InChI is InChI=1S/C13H13F2N3/c1-18(8-9-5-3-2-4-6-9)13-11(15)7-10(14)12(16)17-13/h2-7H,8H2,1H3,(H2,16,17). The summed E-state index contributed by atoms with van der Waals surface area (Å²) in [5.74, 6) is -1.83. The van der Waals surface area contributed by atoms with Crippen molar-refractivity contribution in [2.75, 3.05) is 17.7 Å². The van der Waals surface area contributed by atoms with Crippen LogP contribution in [0.15, 0.2) is 36.4 Å². The molecule has 2 rings (SSSR count). The van der Waals surface area contributed by atoms with Crippen LogP contribution in [0.3, 0.4) is 0 Å². The van der Waals surface area contributed by atoms with Gasteiger partial charge in [-0.25, -0.2) is 13.8 Å². The number of benzene rings is 1. The highest BCUT2D eigenvalue weighted by Gasteiger charge is 2.13. The number of hydrogen-bond donors (Lipinski definition) is 1. The number of halogens is 2. The number of rotatable bonds is 3. The molecular weight excluding hydrogens is 236 g/mol. The average molecular weight is 249 g/mol. The Bertz CT molecular complexity index is 543. The maximum absolute atomic E-state index is 13.6. The van der Waals surface area contributed by atoms with E-state index in [9.17, 15) is 8.78 Å². The molecule has 1 aromatic carbocycles. The third-order valence-electron chi connectivity index (χ3n) is 2.56. The third-order valence-corrected chi connectivity index (χ3v) is 2.56. The average Bonchev–Trinajstić information content (AvgIpc) is 2.35. The molecular formula is C13H13F2N3. The number of anilines is 2. The van der Waals surface area contributed by atoms with Crippen LogP contribution >= 0.6 is 0 Å². The van der Waals surface area contributed by atoms with E-state index < -0.39 is 11.6 Å². The second kappa shape index (κ2) is 5.00. The highest BCUT2D eigenvalue weighted by Crippen LogP contribution is 2.21. The Morgan fingerprint density at radius 2 is 1.83 bits per heavy atom. The van der Waals surface area contributed by atoms with Gasteiger partial charge in [-0.2, -0.15) is 0 Å². The van der Waals surface area contributed by atoms with Crippen LogP contribution in [0.4, 0.5) is 20.4 Å². The van der Waals surface area contributed by atoms with Crippen LogP contribution in [0.5, 0.6) is 0 Å². The van der Waals surface area contributed by atoms with E-state index in [-0.39, 0.29) is 11.6 Å². The quantitative estimate of drug-likeness (QED) is 0.909. The van der Waals surface area contributed by atoms with Crippen molar-refractivity contribution in [1.29, 1.82) is 0 Å². The molecule has 18 heavy (non-hydrogen) atoms. The van der Waals surface area contributed by atoms with Crippen LogP contribution in [0.2, 0.25) is 0 Å². The minimum atomic E-state index is -0.843. The summed E-state index contributed by atoms with van der Waals surface area (Å²) in [7, 11) is 1.68. The molecule has 0 fully saturated rings. The molecule has 94 valence electrons. The first-order valence-electron chi connectivity index (χ1n) is 5.44.